The number of rotatable bonds is 4. The molecule has 0 bridgehead atoms. The summed E-state index contributed by atoms with van der Waals surface area (Å²) in [6, 6.07) is 14.4. The highest BCUT2D eigenvalue weighted by atomic mass is 35.5. The van der Waals surface area contributed by atoms with Gasteiger partial charge in [0.15, 0.2) is 0 Å². The third-order valence-corrected chi connectivity index (χ3v) is 3.44. The van der Waals surface area contributed by atoms with Crippen molar-refractivity contribution < 1.29 is 5.11 Å². The molecule has 2 rings (SSSR count). The van der Waals surface area contributed by atoms with Crippen molar-refractivity contribution in [1.29, 1.82) is 5.26 Å². The first-order valence-corrected chi connectivity index (χ1v) is 6.77. The second-order valence-corrected chi connectivity index (χ2v) is 4.91. The second-order valence-electron chi connectivity index (χ2n) is 4.50. The molecule has 0 radical (unpaired) electrons. The first kappa shape index (κ1) is 14.2. The lowest BCUT2D eigenvalue weighted by Gasteiger charge is -2.19. The molecule has 0 saturated carbocycles. The molecule has 2 aromatic rings. The largest absolute Gasteiger partial charge is 0.508 e. The van der Waals surface area contributed by atoms with Crippen LogP contribution in [0.5, 0.6) is 5.75 Å². The van der Waals surface area contributed by atoms with Gasteiger partial charge >= 0.3 is 0 Å². The Morgan fingerprint density at radius 3 is 2.50 bits per heavy atom. The van der Waals surface area contributed by atoms with Crippen molar-refractivity contribution >= 4 is 17.3 Å². The zero-order chi connectivity index (χ0) is 14.5. The van der Waals surface area contributed by atoms with Gasteiger partial charge in [-0.25, -0.2) is 0 Å². The zero-order valence-corrected chi connectivity index (χ0v) is 11.9. The summed E-state index contributed by atoms with van der Waals surface area (Å²) in [5.41, 5.74) is 2.41. The van der Waals surface area contributed by atoms with Crippen LogP contribution in [0.25, 0.3) is 0 Å². The van der Waals surface area contributed by atoms with Gasteiger partial charge in [-0.2, -0.15) is 5.26 Å². The lowest BCUT2D eigenvalue weighted by molar-refractivity contribution is 0.475. The van der Waals surface area contributed by atoms with Gasteiger partial charge in [-0.05, 0) is 42.3 Å². The van der Waals surface area contributed by atoms with Gasteiger partial charge in [0.1, 0.15) is 5.75 Å². The summed E-state index contributed by atoms with van der Waals surface area (Å²) in [6.07, 6.45) is 0.876. The van der Waals surface area contributed by atoms with Gasteiger partial charge in [-0.3, -0.25) is 0 Å². The summed E-state index contributed by atoms with van der Waals surface area (Å²) in [6.45, 7) is 2.07. The van der Waals surface area contributed by atoms with Gasteiger partial charge in [0.2, 0.25) is 0 Å². The maximum absolute atomic E-state index is 9.33. The lowest BCUT2D eigenvalue weighted by Crippen LogP contribution is -2.09. The third-order valence-electron chi connectivity index (χ3n) is 3.13. The Morgan fingerprint density at radius 2 is 1.95 bits per heavy atom. The number of nitrogens with one attached hydrogen (secondary N) is 1. The number of hydrogen-bond donors (Lipinski definition) is 2. The van der Waals surface area contributed by atoms with Crippen LogP contribution in [-0.4, -0.2) is 5.11 Å². The van der Waals surface area contributed by atoms with Crippen molar-refractivity contribution in [3.05, 3.63) is 58.6 Å². The van der Waals surface area contributed by atoms with Crippen LogP contribution in [0.3, 0.4) is 0 Å². The first-order valence-electron chi connectivity index (χ1n) is 6.39. The van der Waals surface area contributed by atoms with E-state index >= 15 is 0 Å². The number of hydrogen-bond acceptors (Lipinski definition) is 3. The molecule has 1 unspecified atom stereocenters. The average Bonchev–Trinajstić information content (AvgIpc) is 2.47. The number of anilines is 1. The smallest absolute Gasteiger partial charge is 0.115 e. The molecule has 0 aromatic heterocycles. The van der Waals surface area contributed by atoms with Crippen LogP contribution in [0.2, 0.25) is 5.02 Å². The summed E-state index contributed by atoms with van der Waals surface area (Å²) < 4.78 is 0. The number of nitriles is 1. The van der Waals surface area contributed by atoms with Crippen LogP contribution in [-0.2, 0) is 0 Å². The third kappa shape index (κ3) is 3.23. The maximum Gasteiger partial charge on any atom is 0.115 e. The molecule has 2 aromatic carbocycles. The molecule has 1 atom stereocenters. The Hall–Kier alpha value is -2.18. The van der Waals surface area contributed by atoms with Crippen molar-refractivity contribution in [2.24, 2.45) is 0 Å². The molecule has 0 heterocycles. The zero-order valence-electron chi connectivity index (χ0n) is 11.1. The number of benzene rings is 2. The number of phenols is 1. The van der Waals surface area contributed by atoms with Crippen LogP contribution < -0.4 is 5.32 Å². The van der Waals surface area contributed by atoms with E-state index in [1.807, 2.05) is 18.2 Å². The summed E-state index contributed by atoms with van der Waals surface area (Å²) in [5, 5.41) is 22.1. The molecule has 0 aliphatic heterocycles. The fraction of sp³-hybridized carbons (Fsp3) is 0.188. The molecule has 0 amide bonds. The van der Waals surface area contributed by atoms with Gasteiger partial charge in [0.25, 0.3) is 0 Å². The average molecular weight is 287 g/mol. The first-order chi connectivity index (χ1) is 9.63. The molecular weight excluding hydrogens is 272 g/mol. The molecule has 20 heavy (non-hydrogen) atoms. The van der Waals surface area contributed by atoms with Crippen molar-refractivity contribution in [2.75, 3.05) is 5.32 Å². The van der Waals surface area contributed by atoms with Crippen molar-refractivity contribution in [3.63, 3.8) is 0 Å². The second kappa shape index (κ2) is 6.31. The SMILES string of the molecule is CCC(Nc1ccc(C#N)cc1Cl)c1ccc(O)cc1. The highest BCUT2D eigenvalue weighted by molar-refractivity contribution is 6.33. The number of phenolic OH excluding ortho intramolecular Hbond substituents is 1. The molecule has 0 spiro atoms. The predicted molar refractivity (Wildman–Crippen MR) is 80.9 cm³/mol. The monoisotopic (exact) mass is 286 g/mol. The lowest BCUT2D eigenvalue weighted by atomic mass is 10.0. The van der Waals surface area contributed by atoms with Crippen molar-refractivity contribution in [1.82, 2.24) is 0 Å². The Balaban J connectivity index is 2.22. The van der Waals surface area contributed by atoms with E-state index in [1.54, 1.807) is 24.3 Å². The minimum atomic E-state index is 0.0982. The standard InChI is InChI=1S/C16H15ClN2O/c1-2-15(12-4-6-13(20)7-5-12)19-16-8-3-11(10-18)9-14(16)17/h3-9,15,19-20H,2H2,1H3. The molecule has 3 nitrogen and oxygen atoms in total. The molecule has 0 aliphatic rings. The van der Waals surface area contributed by atoms with E-state index in [-0.39, 0.29) is 11.8 Å². The quantitative estimate of drug-likeness (QED) is 0.871. The van der Waals surface area contributed by atoms with Gasteiger partial charge in [0, 0.05) is 0 Å². The Labute approximate surface area is 123 Å². The van der Waals surface area contributed by atoms with E-state index in [0.29, 0.717) is 10.6 Å². The highest BCUT2D eigenvalue weighted by Crippen LogP contribution is 2.29. The van der Waals surface area contributed by atoms with E-state index in [1.165, 1.54) is 0 Å². The number of halogens is 1. The van der Waals surface area contributed by atoms with E-state index in [0.717, 1.165) is 17.7 Å². The van der Waals surface area contributed by atoms with Gasteiger partial charge in [0.05, 0.1) is 28.4 Å². The fourth-order valence-electron chi connectivity index (χ4n) is 2.02. The predicted octanol–water partition coefficient (Wildman–Crippen LogP) is 4.48. The van der Waals surface area contributed by atoms with Crippen molar-refractivity contribution in [2.45, 2.75) is 19.4 Å². The number of nitrogens with zero attached hydrogens (tertiary/aromatic N) is 1. The van der Waals surface area contributed by atoms with E-state index < -0.39 is 0 Å². The molecule has 102 valence electrons. The maximum atomic E-state index is 9.33. The van der Waals surface area contributed by atoms with Gasteiger partial charge in [-0.15, -0.1) is 0 Å². The molecule has 2 N–H and O–H groups in total. The van der Waals surface area contributed by atoms with E-state index in [4.69, 9.17) is 16.9 Å². The summed E-state index contributed by atoms with van der Waals surface area (Å²) >= 11 is 6.17. The topological polar surface area (TPSA) is 56.0 Å². The minimum absolute atomic E-state index is 0.0982. The van der Waals surface area contributed by atoms with Crippen LogP contribution in [0.4, 0.5) is 5.69 Å². The van der Waals surface area contributed by atoms with Crippen LogP contribution in [0.15, 0.2) is 42.5 Å². The van der Waals surface area contributed by atoms with Crippen LogP contribution in [0.1, 0.15) is 30.5 Å². The van der Waals surface area contributed by atoms with Crippen LogP contribution >= 0.6 is 11.6 Å². The highest BCUT2D eigenvalue weighted by Gasteiger charge is 2.11. The van der Waals surface area contributed by atoms with E-state index in [2.05, 4.69) is 18.3 Å². The number of aromatic hydroxyl groups is 1. The summed E-state index contributed by atoms with van der Waals surface area (Å²) in [5.74, 6) is 0.250. The van der Waals surface area contributed by atoms with Crippen LogP contribution in [0, 0.1) is 11.3 Å². The van der Waals surface area contributed by atoms with Gasteiger partial charge in [-0.1, -0.05) is 30.7 Å². The Bertz CT molecular complexity index is 632. The molecule has 0 saturated heterocycles. The van der Waals surface area contributed by atoms with Gasteiger partial charge < -0.3 is 10.4 Å². The molecule has 0 fully saturated rings. The minimum Gasteiger partial charge on any atom is -0.508 e. The fourth-order valence-corrected chi connectivity index (χ4v) is 2.25. The summed E-state index contributed by atoms with van der Waals surface area (Å²) in [7, 11) is 0. The molecular formula is C16H15ClN2O. The Morgan fingerprint density at radius 1 is 1.25 bits per heavy atom. The normalized spacial score (nSPS) is 11.7. The van der Waals surface area contributed by atoms with Crippen molar-refractivity contribution in [3.8, 4) is 11.8 Å². The molecule has 0 aliphatic carbocycles. The molecule has 4 heteroatoms. The van der Waals surface area contributed by atoms with E-state index in [9.17, 15) is 5.11 Å². The Kier molecular flexibility index (Phi) is 4.49. The summed E-state index contributed by atoms with van der Waals surface area (Å²) in [4.78, 5) is 0.